The molecule has 8 heteroatoms. The normalized spacial score (nSPS) is 34.5. The van der Waals surface area contributed by atoms with E-state index in [9.17, 15) is 18.6 Å². The number of aliphatic hydroxyl groups excluding tert-OH is 2. The lowest BCUT2D eigenvalue weighted by Gasteiger charge is -2.34. The molecule has 2 fully saturated rings. The second-order valence-electron chi connectivity index (χ2n) is 6.25. The maximum Gasteiger partial charge on any atom is 0.243 e. The number of aliphatic hydroxyl groups is 2. The molecule has 2 unspecified atom stereocenters. The van der Waals surface area contributed by atoms with Crippen LogP contribution in [0, 0.1) is 5.92 Å². The van der Waals surface area contributed by atoms with E-state index >= 15 is 0 Å². The number of hydrogen-bond donors (Lipinski definition) is 4. The topological polar surface area (TPSA) is 115 Å². The Hall–Kier alpha value is -1.48. The molecule has 2 aromatic rings. The predicted octanol–water partition coefficient (Wildman–Crippen LogP) is 0.115. The molecule has 4 atom stereocenters. The first-order valence-corrected chi connectivity index (χ1v) is 8.73. The minimum absolute atomic E-state index is 0.0395. The van der Waals surface area contributed by atoms with Gasteiger partial charge in [0.2, 0.25) is 10.0 Å². The van der Waals surface area contributed by atoms with Crippen molar-refractivity contribution in [3.05, 3.63) is 24.5 Å². The van der Waals surface area contributed by atoms with E-state index in [2.05, 4.69) is 14.7 Å². The summed E-state index contributed by atoms with van der Waals surface area (Å²) in [7, 11) is -3.82. The molecule has 0 aromatic carbocycles. The van der Waals surface area contributed by atoms with E-state index in [4.69, 9.17) is 0 Å². The molecule has 2 bridgehead atoms. The van der Waals surface area contributed by atoms with Crippen molar-refractivity contribution in [1.29, 1.82) is 0 Å². The molecule has 0 aliphatic heterocycles. The highest BCUT2D eigenvalue weighted by molar-refractivity contribution is 7.89. The van der Waals surface area contributed by atoms with Crippen molar-refractivity contribution in [3.63, 3.8) is 0 Å². The van der Waals surface area contributed by atoms with Crippen molar-refractivity contribution in [2.24, 2.45) is 5.92 Å². The molecule has 0 spiro atoms. The maximum atomic E-state index is 12.7. The number of hydrogen-bond acceptors (Lipinski definition) is 5. The van der Waals surface area contributed by atoms with Crippen molar-refractivity contribution in [2.75, 3.05) is 0 Å². The van der Waals surface area contributed by atoms with Crippen molar-refractivity contribution >= 4 is 21.1 Å². The van der Waals surface area contributed by atoms with Gasteiger partial charge < -0.3 is 15.2 Å². The third-order valence-corrected chi connectivity index (χ3v) is 6.59. The largest absolute Gasteiger partial charge is 0.390 e. The summed E-state index contributed by atoms with van der Waals surface area (Å²) in [5.74, 6) is -0.0395. The molecule has 2 aliphatic rings. The van der Waals surface area contributed by atoms with Gasteiger partial charge >= 0.3 is 0 Å². The van der Waals surface area contributed by atoms with Gasteiger partial charge in [-0.25, -0.2) is 18.1 Å². The van der Waals surface area contributed by atoms with Gasteiger partial charge in [0.25, 0.3) is 0 Å². The van der Waals surface area contributed by atoms with Gasteiger partial charge in [0.05, 0.1) is 17.7 Å². The Morgan fingerprint density at radius 3 is 2.95 bits per heavy atom. The molecule has 0 radical (unpaired) electrons. The zero-order valence-electron chi connectivity index (χ0n) is 11.7. The third-order valence-electron chi connectivity index (χ3n) is 5.00. The van der Waals surface area contributed by atoms with Crippen LogP contribution in [0.15, 0.2) is 29.4 Å². The van der Waals surface area contributed by atoms with E-state index in [1.165, 1.54) is 6.20 Å². The van der Waals surface area contributed by atoms with Gasteiger partial charge in [0.15, 0.2) is 0 Å². The summed E-state index contributed by atoms with van der Waals surface area (Å²) in [6.07, 6.45) is 2.78. The van der Waals surface area contributed by atoms with Crippen LogP contribution < -0.4 is 4.72 Å². The third kappa shape index (κ3) is 1.84. The summed E-state index contributed by atoms with van der Waals surface area (Å²) in [5, 5.41) is 20.7. The fraction of sp³-hybridized carbons (Fsp3) is 0.500. The molecule has 2 aromatic heterocycles. The van der Waals surface area contributed by atoms with Gasteiger partial charge in [-0.3, -0.25) is 0 Å². The van der Waals surface area contributed by atoms with Crippen LogP contribution in [0.25, 0.3) is 11.0 Å². The van der Waals surface area contributed by atoms with Crippen LogP contribution in [0.1, 0.15) is 19.3 Å². The first kappa shape index (κ1) is 14.1. The van der Waals surface area contributed by atoms with Gasteiger partial charge in [-0.2, -0.15) is 0 Å². The van der Waals surface area contributed by atoms with E-state index in [1.807, 2.05) is 0 Å². The molecular formula is C14H17N3O4S. The lowest BCUT2D eigenvalue weighted by atomic mass is 9.90. The van der Waals surface area contributed by atoms with E-state index in [-0.39, 0.29) is 10.8 Å². The second-order valence-corrected chi connectivity index (χ2v) is 7.90. The second kappa shape index (κ2) is 4.51. The van der Waals surface area contributed by atoms with Crippen LogP contribution in [0.5, 0.6) is 0 Å². The van der Waals surface area contributed by atoms with Crippen LogP contribution in [0.2, 0.25) is 0 Å². The van der Waals surface area contributed by atoms with Crippen LogP contribution >= 0.6 is 0 Å². The van der Waals surface area contributed by atoms with E-state index in [0.717, 1.165) is 6.42 Å². The molecule has 22 heavy (non-hydrogen) atoms. The number of nitrogens with zero attached hydrogens (tertiary/aromatic N) is 1. The van der Waals surface area contributed by atoms with E-state index < -0.39 is 27.8 Å². The Bertz CT molecular complexity index is 833. The Morgan fingerprint density at radius 1 is 1.41 bits per heavy atom. The summed E-state index contributed by atoms with van der Waals surface area (Å²) in [6, 6.07) is 3.36. The number of fused-ring (bicyclic) bond motifs is 3. The predicted molar refractivity (Wildman–Crippen MR) is 78.5 cm³/mol. The van der Waals surface area contributed by atoms with E-state index in [0.29, 0.717) is 23.9 Å². The van der Waals surface area contributed by atoms with Crippen LogP contribution in [-0.2, 0) is 10.0 Å². The van der Waals surface area contributed by atoms with Gasteiger partial charge in [0.1, 0.15) is 10.5 Å². The van der Waals surface area contributed by atoms with Crippen LogP contribution in [0.4, 0.5) is 0 Å². The maximum absolute atomic E-state index is 12.7. The molecule has 2 aliphatic carbocycles. The zero-order valence-corrected chi connectivity index (χ0v) is 12.5. The molecular weight excluding hydrogens is 306 g/mol. The smallest absolute Gasteiger partial charge is 0.243 e. The fourth-order valence-electron chi connectivity index (χ4n) is 3.89. The summed E-state index contributed by atoms with van der Waals surface area (Å²) >= 11 is 0. The molecule has 7 nitrogen and oxygen atoms in total. The molecule has 0 amide bonds. The van der Waals surface area contributed by atoms with Gasteiger partial charge in [0, 0.05) is 17.8 Å². The van der Waals surface area contributed by atoms with Crippen molar-refractivity contribution < 1.29 is 18.6 Å². The van der Waals surface area contributed by atoms with Crippen LogP contribution in [0.3, 0.4) is 0 Å². The highest BCUT2D eigenvalue weighted by Crippen LogP contribution is 2.48. The van der Waals surface area contributed by atoms with Crippen molar-refractivity contribution in [1.82, 2.24) is 14.7 Å². The standard InChI is InChI=1S/C14H17N3O4S/c18-11-8-3-4-14(6-8,12(11)19)17-22(20,21)10-7-16-13-9(10)2-1-5-15-13/h1-2,5,7-8,11-12,17-19H,3-4,6H2,(H,15,16)/t8?,11-,12-,14?/m0/s1. The summed E-state index contributed by atoms with van der Waals surface area (Å²) < 4.78 is 28.1. The molecule has 2 heterocycles. The first-order valence-electron chi connectivity index (χ1n) is 7.25. The monoisotopic (exact) mass is 323 g/mol. The number of H-pyrrole nitrogens is 1. The fourth-order valence-corrected chi connectivity index (χ4v) is 5.51. The average Bonchev–Trinajstić information content (AvgIpc) is 3.14. The van der Waals surface area contributed by atoms with Gasteiger partial charge in [-0.05, 0) is 37.3 Å². The van der Waals surface area contributed by atoms with Crippen molar-refractivity contribution in [2.45, 2.75) is 41.9 Å². The Morgan fingerprint density at radius 2 is 2.23 bits per heavy atom. The Labute approximate surface area is 127 Å². The minimum Gasteiger partial charge on any atom is -0.390 e. The van der Waals surface area contributed by atoms with Crippen molar-refractivity contribution in [3.8, 4) is 0 Å². The lowest BCUT2D eigenvalue weighted by Crippen LogP contribution is -2.56. The first-order chi connectivity index (χ1) is 10.4. The van der Waals surface area contributed by atoms with E-state index in [1.54, 1.807) is 18.3 Å². The lowest BCUT2D eigenvalue weighted by molar-refractivity contribution is -0.0283. The highest BCUT2D eigenvalue weighted by Gasteiger charge is 2.58. The average molecular weight is 323 g/mol. The highest BCUT2D eigenvalue weighted by atomic mass is 32.2. The van der Waals surface area contributed by atoms with Gasteiger partial charge in [-0.15, -0.1) is 0 Å². The molecule has 4 N–H and O–H groups in total. The summed E-state index contributed by atoms with van der Waals surface area (Å²) in [5.41, 5.74) is -0.467. The zero-order chi connectivity index (χ0) is 15.5. The number of rotatable bonds is 3. The number of sulfonamides is 1. The number of aromatic nitrogens is 2. The molecule has 2 saturated carbocycles. The quantitative estimate of drug-likeness (QED) is 0.640. The summed E-state index contributed by atoms with van der Waals surface area (Å²) in [4.78, 5) is 7.03. The minimum atomic E-state index is -3.82. The number of aromatic amines is 1. The molecule has 0 saturated heterocycles. The number of pyridine rings is 1. The molecule has 118 valence electrons. The Kier molecular flexibility index (Phi) is 2.90. The van der Waals surface area contributed by atoms with Crippen LogP contribution in [-0.4, -0.2) is 46.3 Å². The number of nitrogens with one attached hydrogen (secondary N) is 2. The SMILES string of the molecule is O=S(=O)(NC12CCC(C1)[C@H](O)[C@@H]2O)c1c[nH]c2ncccc12. The Balaban J connectivity index is 1.73. The summed E-state index contributed by atoms with van der Waals surface area (Å²) in [6.45, 7) is 0. The van der Waals surface area contributed by atoms with Gasteiger partial charge in [-0.1, -0.05) is 0 Å². The molecule has 4 rings (SSSR count).